The van der Waals surface area contributed by atoms with Crippen LogP contribution in [-0.2, 0) is 18.3 Å². The van der Waals surface area contributed by atoms with Gasteiger partial charge in [-0.3, -0.25) is 9.05 Å². The molecule has 0 aliphatic carbocycles. The highest BCUT2D eigenvalue weighted by Gasteiger charge is 2.26. The molecule has 0 bridgehead atoms. The van der Waals surface area contributed by atoms with E-state index in [-0.39, 0.29) is 0 Å². The van der Waals surface area contributed by atoms with E-state index in [1.807, 2.05) is 0 Å². The fourth-order valence-electron chi connectivity index (χ4n) is 5.74. The van der Waals surface area contributed by atoms with Gasteiger partial charge in [0.2, 0.25) is 0 Å². The Morgan fingerprint density at radius 2 is 0.548 bits per heavy atom. The van der Waals surface area contributed by atoms with Gasteiger partial charge < -0.3 is 0 Å². The minimum Gasteiger partial charge on any atom is -0.285 e. The number of rotatable bonds is 37. The first-order valence-electron chi connectivity index (χ1n) is 18.9. The van der Waals surface area contributed by atoms with Crippen LogP contribution in [0.1, 0.15) is 219 Å². The van der Waals surface area contributed by atoms with Gasteiger partial charge in [0.15, 0.2) is 0 Å². The van der Waals surface area contributed by atoms with Crippen LogP contribution >= 0.6 is 7.82 Å². The molecule has 0 fully saturated rings. The molecule has 0 unspecified atom stereocenters. The number of hydrogen-bond donors (Lipinski definition) is 1. The predicted octanol–water partition coefficient (Wildman–Crippen LogP) is 14.1. The van der Waals surface area contributed by atoms with E-state index in [1.54, 1.807) is 0 Å². The normalized spacial score (nSPS) is 12.0. The van der Waals surface area contributed by atoms with E-state index in [0.29, 0.717) is 13.2 Å². The van der Waals surface area contributed by atoms with E-state index < -0.39 is 7.82 Å². The summed E-state index contributed by atoms with van der Waals surface area (Å²) in [7, 11) is -3.82. The van der Waals surface area contributed by atoms with Crippen LogP contribution in [0.25, 0.3) is 0 Å². The molecule has 42 heavy (non-hydrogen) atoms. The van der Waals surface area contributed by atoms with Crippen molar-refractivity contribution < 1.29 is 23.5 Å². The molecule has 0 aromatic rings. The van der Waals surface area contributed by atoms with Crippen molar-refractivity contribution in [1.29, 1.82) is 0 Å². The van der Waals surface area contributed by atoms with Crippen molar-refractivity contribution in [2.75, 3.05) is 13.2 Å². The zero-order valence-electron chi connectivity index (χ0n) is 28.6. The lowest BCUT2D eigenvalue weighted by Crippen LogP contribution is -2.01. The van der Waals surface area contributed by atoms with Crippen molar-refractivity contribution in [1.82, 2.24) is 0 Å². The van der Waals surface area contributed by atoms with E-state index in [9.17, 15) is 4.57 Å². The molecule has 6 heteroatoms. The van der Waals surface area contributed by atoms with E-state index in [2.05, 4.69) is 18.5 Å². The second-order valence-corrected chi connectivity index (χ2v) is 14.4. The molecule has 1 N–H and O–H groups in total. The molecule has 0 saturated heterocycles. The summed E-state index contributed by atoms with van der Waals surface area (Å²) in [6.07, 6.45) is 41.9. The highest BCUT2D eigenvalue weighted by atomic mass is 31.2. The van der Waals surface area contributed by atoms with Gasteiger partial charge >= 0.3 is 7.82 Å². The second-order valence-electron chi connectivity index (χ2n) is 12.8. The first kappa shape index (κ1) is 42.1. The molecule has 0 heterocycles. The molecular formula is C36H75O5P. The van der Waals surface area contributed by atoms with Crippen LogP contribution in [0.15, 0.2) is 0 Å². The maximum atomic E-state index is 12.4. The zero-order valence-corrected chi connectivity index (χ0v) is 29.5. The monoisotopic (exact) mass is 619 g/mol. The molecule has 0 aliphatic rings. The Balaban J connectivity index is 3.38. The van der Waals surface area contributed by atoms with E-state index in [4.69, 9.17) is 14.3 Å². The maximum absolute atomic E-state index is 12.4. The van der Waals surface area contributed by atoms with Crippen LogP contribution < -0.4 is 0 Å². The number of hydrogen-bond acceptors (Lipinski definition) is 5. The summed E-state index contributed by atoms with van der Waals surface area (Å²) in [6.45, 7) is 5.16. The summed E-state index contributed by atoms with van der Waals surface area (Å²) in [4.78, 5) is 0. The van der Waals surface area contributed by atoms with Gasteiger partial charge in [-0.05, 0) is 12.8 Å². The largest absolute Gasteiger partial charge is 0.501 e. The number of unbranched alkanes of at least 4 members (excludes halogenated alkanes) is 30. The van der Waals surface area contributed by atoms with Crippen molar-refractivity contribution in [2.45, 2.75) is 219 Å². The predicted molar refractivity (Wildman–Crippen MR) is 182 cm³/mol. The van der Waals surface area contributed by atoms with Crippen LogP contribution in [0.3, 0.4) is 0 Å². The third kappa shape index (κ3) is 33.0. The summed E-state index contributed by atoms with van der Waals surface area (Å²) in [5, 5.41) is 9.04. The molecular weight excluding hydrogens is 543 g/mol. The smallest absolute Gasteiger partial charge is 0.285 e. The standard InChI is InChI=1S/C36H75O5P/c1-3-5-7-9-11-13-15-17-19-21-23-25-27-29-31-33-35-39-42(38,41-37)40-36-34-32-30-28-26-24-22-20-18-16-14-12-10-8-6-4-2/h37H,3-36H2,1-2H3. The molecule has 0 aromatic heterocycles. The fraction of sp³-hybridized carbons (Fsp3) is 1.00. The Bertz CT molecular complexity index is 503. The Hall–Kier alpha value is 0.0700. The molecule has 0 atom stereocenters. The highest BCUT2D eigenvalue weighted by Crippen LogP contribution is 2.48. The van der Waals surface area contributed by atoms with Crippen LogP contribution in [0.4, 0.5) is 0 Å². The quantitative estimate of drug-likeness (QED) is 0.0325. The van der Waals surface area contributed by atoms with Crippen LogP contribution in [-0.4, -0.2) is 18.5 Å². The van der Waals surface area contributed by atoms with E-state index in [1.165, 1.54) is 180 Å². The SMILES string of the molecule is CCCCCCCCCCCCCCCCCCOP(=O)(OO)OCCCCCCCCCCCCCCCCCC. The summed E-state index contributed by atoms with van der Waals surface area (Å²) in [5.41, 5.74) is 0. The van der Waals surface area contributed by atoms with E-state index in [0.717, 1.165) is 25.7 Å². The third-order valence-corrected chi connectivity index (χ3v) is 9.79. The summed E-state index contributed by atoms with van der Waals surface area (Å²) in [5.74, 6) is 0. The van der Waals surface area contributed by atoms with Crippen molar-refractivity contribution >= 4 is 7.82 Å². The van der Waals surface area contributed by atoms with Crippen molar-refractivity contribution in [2.24, 2.45) is 0 Å². The summed E-state index contributed by atoms with van der Waals surface area (Å²) >= 11 is 0. The molecule has 0 rings (SSSR count). The highest BCUT2D eigenvalue weighted by molar-refractivity contribution is 7.48. The topological polar surface area (TPSA) is 65.0 Å². The lowest BCUT2D eigenvalue weighted by Gasteiger charge is -2.14. The van der Waals surface area contributed by atoms with Gasteiger partial charge in [0.25, 0.3) is 0 Å². The molecule has 0 amide bonds. The van der Waals surface area contributed by atoms with Gasteiger partial charge in [0, 0.05) is 0 Å². The molecule has 254 valence electrons. The van der Waals surface area contributed by atoms with Crippen LogP contribution in [0, 0.1) is 0 Å². The third-order valence-electron chi connectivity index (χ3n) is 8.59. The Kier molecular flexibility index (Phi) is 35.6. The Morgan fingerprint density at radius 3 is 0.738 bits per heavy atom. The lowest BCUT2D eigenvalue weighted by molar-refractivity contribution is -0.166. The van der Waals surface area contributed by atoms with Crippen LogP contribution in [0.5, 0.6) is 0 Å². The molecule has 0 aromatic carbocycles. The second kappa shape index (κ2) is 35.5. The first-order valence-corrected chi connectivity index (χ1v) is 20.4. The maximum Gasteiger partial charge on any atom is 0.501 e. The van der Waals surface area contributed by atoms with Crippen LogP contribution in [0.2, 0.25) is 0 Å². The minimum absolute atomic E-state index is 0.301. The Labute approximate surface area is 263 Å². The summed E-state index contributed by atoms with van der Waals surface area (Å²) in [6, 6.07) is 0. The average Bonchev–Trinajstić information content (AvgIpc) is 3.00. The number of phosphoric ester groups is 1. The molecule has 0 radical (unpaired) electrons. The zero-order chi connectivity index (χ0) is 30.7. The Morgan fingerprint density at radius 1 is 0.357 bits per heavy atom. The van der Waals surface area contributed by atoms with Gasteiger partial charge in [0.1, 0.15) is 0 Å². The molecule has 0 saturated carbocycles. The van der Waals surface area contributed by atoms with Crippen molar-refractivity contribution in [3.63, 3.8) is 0 Å². The van der Waals surface area contributed by atoms with Crippen molar-refractivity contribution in [3.8, 4) is 0 Å². The van der Waals surface area contributed by atoms with Gasteiger partial charge in [-0.2, -0.15) is 0 Å². The molecule has 5 nitrogen and oxygen atoms in total. The molecule has 0 aliphatic heterocycles. The van der Waals surface area contributed by atoms with Crippen molar-refractivity contribution in [3.05, 3.63) is 0 Å². The average molecular weight is 619 g/mol. The summed E-state index contributed by atoms with van der Waals surface area (Å²) < 4.78 is 27.1. The van der Waals surface area contributed by atoms with Gasteiger partial charge in [-0.1, -0.05) is 206 Å². The number of phosphoric acid groups is 1. The fourth-order valence-corrected chi connectivity index (χ4v) is 6.61. The minimum atomic E-state index is -3.82. The molecule has 0 spiro atoms. The van der Waals surface area contributed by atoms with E-state index >= 15 is 0 Å². The lowest BCUT2D eigenvalue weighted by atomic mass is 10.0. The van der Waals surface area contributed by atoms with Gasteiger partial charge in [-0.25, -0.2) is 9.82 Å². The van der Waals surface area contributed by atoms with Gasteiger partial charge in [0.05, 0.1) is 13.2 Å². The first-order chi connectivity index (χ1) is 20.7. The van der Waals surface area contributed by atoms with Gasteiger partial charge in [-0.15, -0.1) is 4.67 Å².